The van der Waals surface area contributed by atoms with E-state index in [1.54, 1.807) is 24.3 Å². The number of hydrogen-bond donors (Lipinski definition) is 1. The van der Waals surface area contributed by atoms with Gasteiger partial charge in [0, 0.05) is 36.2 Å². The summed E-state index contributed by atoms with van der Waals surface area (Å²) in [6.45, 7) is 1.80. The number of hydrogen-bond acceptors (Lipinski definition) is 4. The standard InChI is InChI=1S/C15H16ClNO4S/c1-9(18)22-8-10-6-13(19)17(7-10)14(15(20)21)11-4-2-3-5-12(11)16/h2-5,10,14H,6-8H2,1H3,(H,20,21)/t10?,14-/m1/s1. The smallest absolute Gasteiger partial charge is 0.331 e. The number of nitrogens with zero attached hydrogens (tertiary/aromatic N) is 1. The maximum absolute atomic E-state index is 12.2. The summed E-state index contributed by atoms with van der Waals surface area (Å²) >= 11 is 7.24. The third-order valence-electron chi connectivity index (χ3n) is 3.51. The highest BCUT2D eigenvalue weighted by Crippen LogP contribution is 2.33. The van der Waals surface area contributed by atoms with Crippen LogP contribution in [0.15, 0.2) is 24.3 Å². The van der Waals surface area contributed by atoms with Crippen LogP contribution >= 0.6 is 23.4 Å². The maximum atomic E-state index is 12.2. The average molecular weight is 342 g/mol. The van der Waals surface area contributed by atoms with E-state index in [4.69, 9.17) is 11.6 Å². The minimum atomic E-state index is -1.11. The van der Waals surface area contributed by atoms with Crippen LogP contribution in [-0.4, -0.2) is 39.3 Å². The molecule has 1 heterocycles. The number of halogens is 1. The summed E-state index contributed by atoms with van der Waals surface area (Å²) in [6.07, 6.45) is 0.258. The molecule has 0 spiro atoms. The fourth-order valence-electron chi connectivity index (χ4n) is 2.54. The van der Waals surface area contributed by atoms with Crippen LogP contribution in [0.5, 0.6) is 0 Å². The van der Waals surface area contributed by atoms with Crippen LogP contribution in [-0.2, 0) is 14.4 Å². The number of carbonyl (C=O) groups excluding carboxylic acids is 2. The van der Waals surface area contributed by atoms with E-state index in [2.05, 4.69) is 0 Å². The molecule has 0 bridgehead atoms. The first-order chi connectivity index (χ1) is 10.4. The van der Waals surface area contributed by atoms with Crippen LogP contribution in [0, 0.1) is 5.92 Å². The first-order valence-electron chi connectivity index (χ1n) is 6.80. The van der Waals surface area contributed by atoms with Gasteiger partial charge in [-0.05, 0) is 12.0 Å². The number of likely N-dealkylation sites (tertiary alicyclic amines) is 1. The number of carboxylic acid groups (broad SMARTS) is 1. The lowest BCUT2D eigenvalue weighted by Crippen LogP contribution is -2.35. The quantitative estimate of drug-likeness (QED) is 0.891. The zero-order valence-electron chi connectivity index (χ0n) is 12.0. The first-order valence-corrected chi connectivity index (χ1v) is 8.16. The highest BCUT2D eigenvalue weighted by molar-refractivity contribution is 8.13. The number of amides is 1. The molecule has 7 heteroatoms. The fourth-order valence-corrected chi connectivity index (χ4v) is 3.47. The second-order valence-electron chi connectivity index (χ2n) is 5.18. The van der Waals surface area contributed by atoms with E-state index >= 15 is 0 Å². The lowest BCUT2D eigenvalue weighted by Gasteiger charge is -2.25. The van der Waals surface area contributed by atoms with Crippen molar-refractivity contribution >= 4 is 40.4 Å². The number of rotatable bonds is 5. The van der Waals surface area contributed by atoms with Crippen molar-refractivity contribution in [3.05, 3.63) is 34.9 Å². The number of carboxylic acids is 1. The first kappa shape index (κ1) is 16.8. The molecule has 1 aliphatic rings. The summed E-state index contributed by atoms with van der Waals surface area (Å²) < 4.78 is 0. The summed E-state index contributed by atoms with van der Waals surface area (Å²) in [5, 5.41) is 9.84. The van der Waals surface area contributed by atoms with Gasteiger partial charge >= 0.3 is 5.97 Å². The van der Waals surface area contributed by atoms with E-state index < -0.39 is 12.0 Å². The van der Waals surface area contributed by atoms with E-state index in [1.807, 2.05) is 0 Å². The van der Waals surface area contributed by atoms with E-state index in [-0.39, 0.29) is 23.4 Å². The van der Waals surface area contributed by atoms with Gasteiger partial charge in [0.25, 0.3) is 0 Å². The molecular formula is C15H16ClNO4S. The van der Waals surface area contributed by atoms with Crippen LogP contribution in [0.25, 0.3) is 0 Å². The molecule has 0 radical (unpaired) electrons. The monoisotopic (exact) mass is 341 g/mol. The van der Waals surface area contributed by atoms with Crippen molar-refractivity contribution in [1.29, 1.82) is 0 Å². The van der Waals surface area contributed by atoms with E-state index in [1.165, 1.54) is 11.8 Å². The molecule has 2 rings (SSSR count). The molecule has 0 saturated carbocycles. The minimum Gasteiger partial charge on any atom is -0.479 e. The predicted molar refractivity (Wildman–Crippen MR) is 84.8 cm³/mol. The Morgan fingerprint density at radius 2 is 2.14 bits per heavy atom. The lowest BCUT2D eigenvalue weighted by molar-refractivity contribution is -0.148. The van der Waals surface area contributed by atoms with Gasteiger partial charge in [0.1, 0.15) is 0 Å². The van der Waals surface area contributed by atoms with Crippen molar-refractivity contribution in [2.24, 2.45) is 5.92 Å². The highest BCUT2D eigenvalue weighted by atomic mass is 35.5. The predicted octanol–water partition coefficient (Wildman–Crippen LogP) is 2.59. The third-order valence-corrected chi connectivity index (χ3v) is 4.90. The number of aliphatic carboxylic acids is 1. The van der Waals surface area contributed by atoms with Gasteiger partial charge in [-0.25, -0.2) is 4.79 Å². The topological polar surface area (TPSA) is 74.7 Å². The van der Waals surface area contributed by atoms with Gasteiger partial charge in [-0.2, -0.15) is 0 Å². The van der Waals surface area contributed by atoms with Gasteiger partial charge in [-0.15, -0.1) is 0 Å². The highest BCUT2D eigenvalue weighted by Gasteiger charge is 2.39. The number of benzene rings is 1. The Kier molecular flexibility index (Phi) is 5.47. The van der Waals surface area contributed by atoms with Crippen molar-refractivity contribution in [3.8, 4) is 0 Å². The summed E-state index contributed by atoms with van der Waals surface area (Å²) in [7, 11) is 0. The Morgan fingerprint density at radius 3 is 2.73 bits per heavy atom. The largest absolute Gasteiger partial charge is 0.479 e. The molecule has 118 valence electrons. The SMILES string of the molecule is CC(=O)SCC1CC(=O)N([C@@H](C(=O)O)c2ccccc2Cl)C1. The summed E-state index contributed by atoms with van der Waals surface area (Å²) in [6, 6.07) is 5.54. The Morgan fingerprint density at radius 1 is 1.45 bits per heavy atom. The Labute approximate surface area is 137 Å². The second-order valence-corrected chi connectivity index (χ2v) is 6.79. The number of carbonyl (C=O) groups is 3. The molecule has 0 aromatic heterocycles. The molecule has 1 unspecified atom stereocenters. The van der Waals surface area contributed by atoms with Crippen LogP contribution in [0.4, 0.5) is 0 Å². The summed E-state index contributed by atoms with van der Waals surface area (Å²) in [5.74, 6) is -0.833. The molecule has 1 fully saturated rings. The molecule has 1 aliphatic heterocycles. The van der Waals surface area contributed by atoms with Gasteiger partial charge in [0.15, 0.2) is 11.2 Å². The Bertz CT molecular complexity index is 607. The summed E-state index contributed by atoms with van der Waals surface area (Å²) in [4.78, 5) is 36.2. The van der Waals surface area contributed by atoms with Crippen LogP contribution < -0.4 is 0 Å². The Balaban J connectivity index is 2.20. The van der Waals surface area contributed by atoms with Gasteiger partial charge in [0.2, 0.25) is 5.91 Å². The zero-order chi connectivity index (χ0) is 16.3. The molecule has 22 heavy (non-hydrogen) atoms. The van der Waals surface area contributed by atoms with E-state index in [0.717, 1.165) is 11.8 Å². The fraction of sp³-hybridized carbons (Fsp3) is 0.400. The molecule has 5 nitrogen and oxygen atoms in total. The normalized spacial score (nSPS) is 19.3. The molecule has 1 aromatic rings. The van der Waals surface area contributed by atoms with Crippen molar-refractivity contribution < 1.29 is 19.5 Å². The van der Waals surface area contributed by atoms with Crippen molar-refractivity contribution in [2.45, 2.75) is 19.4 Å². The average Bonchev–Trinajstić information content (AvgIpc) is 2.80. The second kappa shape index (κ2) is 7.15. The molecule has 1 saturated heterocycles. The van der Waals surface area contributed by atoms with Crippen molar-refractivity contribution in [2.75, 3.05) is 12.3 Å². The minimum absolute atomic E-state index is 0.00760. The molecule has 2 atom stereocenters. The van der Waals surface area contributed by atoms with Gasteiger partial charge < -0.3 is 10.0 Å². The van der Waals surface area contributed by atoms with Gasteiger partial charge in [0.05, 0.1) is 0 Å². The van der Waals surface area contributed by atoms with Crippen LogP contribution in [0.1, 0.15) is 24.9 Å². The van der Waals surface area contributed by atoms with Gasteiger partial charge in [-0.1, -0.05) is 41.6 Å². The van der Waals surface area contributed by atoms with Gasteiger partial charge in [-0.3, -0.25) is 9.59 Å². The third kappa shape index (κ3) is 3.81. The van der Waals surface area contributed by atoms with Crippen LogP contribution in [0.3, 0.4) is 0 Å². The number of thioether (sulfide) groups is 1. The molecule has 1 amide bonds. The van der Waals surface area contributed by atoms with Crippen molar-refractivity contribution in [1.82, 2.24) is 4.90 Å². The van der Waals surface area contributed by atoms with E-state index in [0.29, 0.717) is 22.9 Å². The van der Waals surface area contributed by atoms with Crippen molar-refractivity contribution in [3.63, 3.8) is 0 Å². The molecule has 0 aliphatic carbocycles. The van der Waals surface area contributed by atoms with Crippen LogP contribution in [0.2, 0.25) is 5.02 Å². The summed E-state index contributed by atoms with van der Waals surface area (Å²) in [5.41, 5.74) is 0.407. The zero-order valence-corrected chi connectivity index (χ0v) is 13.6. The Hall–Kier alpha value is -1.53. The molecule has 1 aromatic carbocycles. The lowest BCUT2D eigenvalue weighted by atomic mass is 10.1. The van der Waals surface area contributed by atoms with E-state index in [9.17, 15) is 19.5 Å². The molecule has 1 N–H and O–H groups in total. The maximum Gasteiger partial charge on any atom is 0.331 e. The molecular weight excluding hydrogens is 326 g/mol.